The lowest BCUT2D eigenvalue weighted by Gasteiger charge is -2.25. The first-order chi connectivity index (χ1) is 7.07. The van der Waals surface area contributed by atoms with Gasteiger partial charge in [0.25, 0.3) is 10.2 Å². The molecule has 98 valence electrons. The van der Waals surface area contributed by atoms with Gasteiger partial charge in [0.15, 0.2) is 0 Å². The molecular formula is C10H24N2O3S. The van der Waals surface area contributed by atoms with Crippen molar-refractivity contribution < 1.29 is 13.5 Å². The fourth-order valence-corrected chi connectivity index (χ4v) is 1.82. The number of hydrogen-bond donors (Lipinski definition) is 2. The first kappa shape index (κ1) is 15.8. The minimum Gasteiger partial charge on any atom is -0.389 e. The summed E-state index contributed by atoms with van der Waals surface area (Å²) in [6.07, 6.45) is 1.46. The maximum absolute atomic E-state index is 11.4. The molecule has 0 rings (SSSR count). The summed E-state index contributed by atoms with van der Waals surface area (Å²) in [6.45, 7) is 5.83. The van der Waals surface area contributed by atoms with Gasteiger partial charge < -0.3 is 5.11 Å². The normalized spacial score (nSPS) is 16.8. The molecular weight excluding hydrogens is 228 g/mol. The molecule has 0 saturated carbocycles. The molecule has 0 fully saturated rings. The molecule has 0 saturated heterocycles. The van der Waals surface area contributed by atoms with Crippen LogP contribution in [-0.4, -0.2) is 44.1 Å². The fraction of sp³-hybridized carbons (Fsp3) is 1.00. The highest BCUT2D eigenvalue weighted by Crippen LogP contribution is 2.15. The topological polar surface area (TPSA) is 69.6 Å². The number of aliphatic hydroxyl groups is 1. The summed E-state index contributed by atoms with van der Waals surface area (Å²) < 4.78 is 26.3. The largest absolute Gasteiger partial charge is 0.389 e. The van der Waals surface area contributed by atoms with E-state index in [-0.39, 0.29) is 6.54 Å². The smallest absolute Gasteiger partial charge is 0.279 e. The van der Waals surface area contributed by atoms with E-state index in [1.807, 2.05) is 0 Å². The van der Waals surface area contributed by atoms with E-state index < -0.39 is 15.8 Å². The van der Waals surface area contributed by atoms with Crippen molar-refractivity contribution >= 4 is 10.2 Å². The van der Waals surface area contributed by atoms with E-state index >= 15 is 0 Å². The van der Waals surface area contributed by atoms with Crippen LogP contribution < -0.4 is 4.72 Å². The van der Waals surface area contributed by atoms with Crippen molar-refractivity contribution in [3.05, 3.63) is 0 Å². The molecule has 0 spiro atoms. The molecule has 0 aliphatic carbocycles. The van der Waals surface area contributed by atoms with Gasteiger partial charge in [-0.25, -0.2) is 0 Å². The van der Waals surface area contributed by atoms with Gasteiger partial charge >= 0.3 is 0 Å². The van der Waals surface area contributed by atoms with Crippen LogP contribution in [0.25, 0.3) is 0 Å². The maximum Gasteiger partial charge on any atom is 0.279 e. The predicted molar refractivity (Wildman–Crippen MR) is 65.3 cm³/mol. The molecule has 2 N–H and O–H groups in total. The zero-order valence-corrected chi connectivity index (χ0v) is 11.6. The molecule has 0 aromatic rings. The Labute approximate surface area is 99.0 Å². The second-order valence-electron chi connectivity index (χ2n) is 5.04. The van der Waals surface area contributed by atoms with Gasteiger partial charge in [0.2, 0.25) is 0 Å². The Morgan fingerprint density at radius 3 is 2.25 bits per heavy atom. The van der Waals surface area contributed by atoms with Crippen LogP contribution in [-0.2, 0) is 10.2 Å². The van der Waals surface area contributed by atoms with Crippen molar-refractivity contribution in [3.8, 4) is 0 Å². The lowest BCUT2D eigenvalue weighted by molar-refractivity contribution is 0.0503. The summed E-state index contributed by atoms with van der Waals surface area (Å²) in [6, 6.07) is 0. The summed E-state index contributed by atoms with van der Waals surface area (Å²) in [5, 5.41) is 9.96. The summed E-state index contributed by atoms with van der Waals surface area (Å²) in [5.74, 6) is 0.497. The standard InChI is InChI=1S/C10H24N2O3S/c1-9(2)6-7-10(3,13)8-11-16(14,15)12(4)5/h9,11,13H,6-8H2,1-5H3/t10-/m1/s1. The van der Waals surface area contributed by atoms with Crippen LogP contribution in [0, 0.1) is 5.92 Å². The van der Waals surface area contributed by atoms with Crippen molar-refractivity contribution in [1.29, 1.82) is 0 Å². The predicted octanol–water partition coefficient (Wildman–Crippen LogP) is 0.570. The van der Waals surface area contributed by atoms with Crippen LogP contribution in [0.15, 0.2) is 0 Å². The van der Waals surface area contributed by atoms with E-state index in [2.05, 4.69) is 18.6 Å². The monoisotopic (exact) mass is 252 g/mol. The lowest BCUT2D eigenvalue weighted by Crippen LogP contribution is -2.44. The Hall–Kier alpha value is -0.170. The van der Waals surface area contributed by atoms with Crippen LogP contribution in [0.1, 0.15) is 33.6 Å². The third-order valence-electron chi connectivity index (χ3n) is 2.38. The minimum absolute atomic E-state index is 0.0419. The van der Waals surface area contributed by atoms with E-state index in [9.17, 15) is 13.5 Å². The first-order valence-corrected chi connectivity index (χ1v) is 6.90. The van der Waals surface area contributed by atoms with Crippen LogP contribution in [0.2, 0.25) is 0 Å². The van der Waals surface area contributed by atoms with E-state index in [0.29, 0.717) is 12.3 Å². The molecule has 6 heteroatoms. The molecule has 0 aromatic heterocycles. The molecule has 0 aliphatic heterocycles. The Bertz CT molecular complexity index is 297. The van der Waals surface area contributed by atoms with Gasteiger partial charge in [-0.2, -0.15) is 17.4 Å². The summed E-state index contributed by atoms with van der Waals surface area (Å²) in [4.78, 5) is 0. The zero-order valence-electron chi connectivity index (χ0n) is 10.8. The number of hydrogen-bond acceptors (Lipinski definition) is 3. The SMILES string of the molecule is CC(C)CC[C@@](C)(O)CNS(=O)(=O)N(C)C. The molecule has 0 aliphatic rings. The molecule has 0 bridgehead atoms. The Kier molecular flexibility index (Phi) is 5.89. The number of nitrogens with zero attached hydrogens (tertiary/aromatic N) is 1. The average molecular weight is 252 g/mol. The van der Waals surface area contributed by atoms with Crippen molar-refractivity contribution in [2.75, 3.05) is 20.6 Å². The maximum atomic E-state index is 11.4. The van der Waals surface area contributed by atoms with Crippen LogP contribution in [0.3, 0.4) is 0 Å². The van der Waals surface area contributed by atoms with Gasteiger partial charge in [-0.3, -0.25) is 0 Å². The molecule has 1 atom stereocenters. The highest BCUT2D eigenvalue weighted by atomic mass is 32.2. The van der Waals surface area contributed by atoms with E-state index in [1.165, 1.54) is 14.1 Å². The van der Waals surface area contributed by atoms with Gasteiger partial charge in [-0.15, -0.1) is 0 Å². The van der Waals surface area contributed by atoms with Gasteiger partial charge in [0.05, 0.1) is 5.60 Å². The Balaban J connectivity index is 4.18. The van der Waals surface area contributed by atoms with Crippen molar-refractivity contribution in [3.63, 3.8) is 0 Å². The van der Waals surface area contributed by atoms with Crippen LogP contribution in [0.5, 0.6) is 0 Å². The quantitative estimate of drug-likeness (QED) is 0.696. The molecule has 5 nitrogen and oxygen atoms in total. The van der Waals surface area contributed by atoms with Crippen molar-refractivity contribution in [2.45, 2.75) is 39.2 Å². The average Bonchev–Trinajstić information content (AvgIpc) is 2.12. The Morgan fingerprint density at radius 1 is 1.38 bits per heavy atom. The molecule has 0 amide bonds. The van der Waals surface area contributed by atoms with Gasteiger partial charge in [0, 0.05) is 20.6 Å². The molecule has 0 unspecified atom stereocenters. The third kappa shape index (κ3) is 6.42. The number of rotatable bonds is 7. The fourth-order valence-electron chi connectivity index (χ4n) is 1.06. The van der Waals surface area contributed by atoms with E-state index in [0.717, 1.165) is 10.7 Å². The van der Waals surface area contributed by atoms with E-state index in [4.69, 9.17) is 0 Å². The molecule has 0 heterocycles. The second-order valence-corrected chi connectivity index (χ2v) is 7.01. The molecule has 0 radical (unpaired) electrons. The first-order valence-electron chi connectivity index (χ1n) is 5.46. The van der Waals surface area contributed by atoms with Gasteiger partial charge in [-0.05, 0) is 25.7 Å². The Morgan fingerprint density at radius 2 is 1.88 bits per heavy atom. The highest BCUT2D eigenvalue weighted by molar-refractivity contribution is 7.87. The van der Waals surface area contributed by atoms with E-state index in [1.54, 1.807) is 6.92 Å². The molecule has 16 heavy (non-hydrogen) atoms. The van der Waals surface area contributed by atoms with Crippen LogP contribution >= 0.6 is 0 Å². The zero-order chi connectivity index (χ0) is 13.0. The molecule has 0 aromatic carbocycles. The van der Waals surface area contributed by atoms with Crippen molar-refractivity contribution in [1.82, 2.24) is 9.03 Å². The minimum atomic E-state index is -3.45. The number of nitrogens with one attached hydrogen (secondary N) is 1. The lowest BCUT2D eigenvalue weighted by atomic mass is 9.96. The van der Waals surface area contributed by atoms with Crippen LogP contribution in [0.4, 0.5) is 0 Å². The van der Waals surface area contributed by atoms with Gasteiger partial charge in [0.1, 0.15) is 0 Å². The van der Waals surface area contributed by atoms with Gasteiger partial charge in [-0.1, -0.05) is 13.8 Å². The van der Waals surface area contributed by atoms with Crippen molar-refractivity contribution in [2.24, 2.45) is 5.92 Å². The highest BCUT2D eigenvalue weighted by Gasteiger charge is 2.24. The summed E-state index contributed by atoms with van der Waals surface area (Å²) in [5.41, 5.74) is -0.993. The third-order valence-corrected chi connectivity index (χ3v) is 3.85. The summed E-state index contributed by atoms with van der Waals surface area (Å²) >= 11 is 0. The second kappa shape index (κ2) is 5.95. The summed E-state index contributed by atoms with van der Waals surface area (Å²) in [7, 11) is -0.547.